The second-order valence-corrected chi connectivity index (χ2v) is 15.4. The van der Waals surface area contributed by atoms with Crippen molar-refractivity contribution < 1.29 is 32.8 Å². The van der Waals surface area contributed by atoms with E-state index < -0.39 is 13.9 Å². The molecule has 0 aliphatic carbocycles. The summed E-state index contributed by atoms with van der Waals surface area (Å²) in [7, 11) is -4.29. The van der Waals surface area contributed by atoms with Crippen molar-refractivity contribution in [3.05, 3.63) is 24.5 Å². The van der Waals surface area contributed by atoms with Crippen LogP contribution in [-0.4, -0.2) is 43.3 Å². The fraction of sp³-hybridized carbons (Fsp3) is 0.878. The maximum Gasteiger partial charge on any atom is 0.472 e. The fourth-order valence-electron chi connectivity index (χ4n) is 5.84. The van der Waals surface area contributed by atoms with E-state index in [1.54, 1.807) is 6.26 Å². The lowest BCUT2D eigenvalue weighted by Gasteiger charge is -2.19. The van der Waals surface area contributed by atoms with E-state index in [2.05, 4.69) is 26.0 Å². The Morgan fingerprint density at radius 1 is 0.600 bits per heavy atom. The Morgan fingerprint density at radius 2 is 1.02 bits per heavy atom. The molecule has 0 spiro atoms. The van der Waals surface area contributed by atoms with Crippen LogP contribution in [-0.2, 0) is 27.9 Å². The smallest absolute Gasteiger partial charge is 0.472 e. The summed E-state index contributed by atoms with van der Waals surface area (Å²) in [4.78, 5) is 22.4. The van der Waals surface area contributed by atoms with Gasteiger partial charge >= 0.3 is 13.8 Å². The third-order valence-corrected chi connectivity index (χ3v) is 9.92. The Kier molecular flexibility index (Phi) is 38.1. The van der Waals surface area contributed by atoms with Crippen molar-refractivity contribution in [2.45, 2.75) is 206 Å². The van der Waals surface area contributed by atoms with Crippen LogP contribution < -0.4 is 5.73 Å². The first-order chi connectivity index (χ1) is 24.4. The van der Waals surface area contributed by atoms with Gasteiger partial charge in [-0.05, 0) is 51.0 Å². The van der Waals surface area contributed by atoms with Crippen LogP contribution >= 0.6 is 7.82 Å². The number of hydrogen-bond donors (Lipinski definition) is 2. The molecule has 0 radical (unpaired) electrons. The van der Waals surface area contributed by atoms with Gasteiger partial charge in [-0.1, -0.05) is 161 Å². The summed E-state index contributed by atoms with van der Waals surface area (Å²) >= 11 is 0. The van der Waals surface area contributed by atoms with Crippen LogP contribution in [0.1, 0.15) is 200 Å². The lowest BCUT2D eigenvalue weighted by Crippen LogP contribution is -2.27. The van der Waals surface area contributed by atoms with Crippen LogP contribution in [0.3, 0.4) is 0 Å². The molecule has 0 rings (SSSR count). The van der Waals surface area contributed by atoms with Gasteiger partial charge in [0.1, 0.15) is 6.61 Å². The second kappa shape index (κ2) is 39.0. The predicted molar refractivity (Wildman–Crippen MR) is 210 cm³/mol. The summed E-state index contributed by atoms with van der Waals surface area (Å²) in [5.41, 5.74) is 5.36. The van der Waals surface area contributed by atoms with Gasteiger partial charge < -0.3 is 20.1 Å². The summed E-state index contributed by atoms with van der Waals surface area (Å²) < 4.78 is 33.1. The number of nitrogens with two attached hydrogens (primary N) is 1. The minimum absolute atomic E-state index is 0.0336. The summed E-state index contributed by atoms with van der Waals surface area (Å²) in [5, 5.41) is 0. The zero-order valence-electron chi connectivity index (χ0n) is 32.6. The van der Waals surface area contributed by atoms with Gasteiger partial charge in [0, 0.05) is 13.0 Å². The quantitative estimate of drug-likeness (QED) is 0.0210. The summed E-state index contributed by atoms with van der Waals surface area (Å²) in [6, 6.07) is 0. The Bertz CT molecular complexity index is 823. The molecule has 9 heteroatoms. The van der Waals surface area contributed by atoms with E-state index in [9.17, 15) is 14.3 Å². The standard InChI is InChI=1S/C41H80NO7P/c1-3-5-7-9-11-13-15-17-19-21-23-25-27-29-31-33-36-46-38-40(39-48-50(44,45)47-37-35-42)49-41(43)34-32-30-28-26-24-22-20-18-16-14-12-10-8-6-4-2/h14,16,33,36,40H,3-13,15,17-32,34-35,37-39,42H2,1-2H3,(H,44,45)/b16-14+,36-33+/t40-/m1/s1. The average molecular weight is 730 g/mol. The van der Waals surface area contributed by atoms with Gasteiger partial charge in [0.15, 0.2) is 6.10 Å². The maximum atomic E-state index is 12.5. The summed E-state index contributed by atoms with van der Waals surface area (Å²) in [6.07, 6.45) is 42.8. The van der Waals surface area contributed by atoms with Crippen molar-refractivity contribution in [1.82, 2.24) is 0 Å². The van der Waals surface area contributed by atoms with Gasteiger partial charge in [-0.15, -0.1) is 0 Å². The van der Waals surface area contributed by atoms with Gasteiger partial charge in [0.05, 0.1) is 19.5 Å². The first-order valence-electron chi connectivity index (χ1n) is 20.9. The number of esters is 1. The third kappa shape index (κ3) is 38.1. The highest BCUT2D eigenvalue weighted by atomic mass is 31.2. The number of phosphoric acid groups is 1. The number of hydrogen-bond acceptors (Lipinski definition) is 7. The molecular weight excluding hydrogens is 649 g/mol. The Morgan fingerprint density at radius 3 is 1.50 bits per heavy atom. The normalized spacial score (nSPS) is 13.7. The Balaban J connectivity index is 4.09. The van der Waals surface area contributed by atoms with Crippen LogP contribution in [0, 0.1) is 0 Å². The van der Waals surface area contributed by atoms with Crippen LogP contribution in [0.15, 0.2) is 24.5 Å². The van der Waals surface area contributed by atoms with Crippen molar-refractivity contribution >= 4 is 13.8 Å². The van der Waals surface area contributed by atoms with E-state index in [1.165, 1.54) is 148 Å². The highest BCUT2D eigenvalue weighted by molar-refractivity contribution is 7.47. The van der Waals surface area contributed by atoms with Gasteiger partial charge in [0.2, 0.25) is 0 Å². The van der Waals surface area contributed by atoms with Crippen molar-refractivity contribution in [3.63, 3.8) is 0 Å². The van der Waals surface area contributed by atoms with Crippen LogP contribution in [0.2, 0.25) is 0 Å². The van der Waals surface area contributed by atoms with E-state index >= 15 is 0 Å². The number of carbonyl (C=O) groups excluding carboxylic acids is 1. The fourth-order valence-corrected chi connectivity index (χ4v) is 6.60. The molecule has 0 amide bonds. The molecule has 50 heavy (non-hydrogen) atoms. The number of unbranched alkanes of at least 4 members (excludes halogenated alkanes) is 25. The number of allylic oxidation sites excluding steroid dienone is 3. The molecule has 0 saturated carbocycles. The first-order valence-corrected chi connectivity index (χ1v) is 22.4. The molecule has 0 aromatic rings. The largest absolute Gasteiger partial charge is 0.498 e. The number of carbonyl (C=O) groups is 1. The van der Waals surface area contributed by atoms with Gasteiger partial charge in [-0.3, -0.25) is 13.8 Å². The van der Waals surface area contributed by atoms with Crippen molar-refractivity contribution in [1.29, 1.82) is 0 Å². The molecule has 1 unspecified atom stereocenters. The molecular formula is C41H80NO7P. The zero-order valence-corrected chi connectivity index (χ0v) is 33.5. The molecule has 3 N–H and O–H groups in total. The Hall–Kier alpha value is -1.18. The lowest BCUT2D eigenvalue weighted by molar-refractivity contribution is -0.153. The second-order valence-electron chi connectivity index (χ2n) is 13.9. The average Bonchev–Trinajstić information content (AvgIpc) is 3.10. The highest BCUT2D eigenvalue weighted by Crippen LogP contribution is 2.43. The lowest BCUT2D eigenvalue weighted by atomic mass is 10.0. The molecule has 0 aliphatic rings. The minimum atomic E-state index is -4.29. The van der Waals surface area contributed by atoms with Crippen molar-refractivity contribution in [2.75, 3.05) is 26.4 Å². The SMILES string of the molecule is CCCCCC/C=C/CCCCCCCCCC(=O)O[C@H](CO/C=C/CCCCCCCCCCCCCCCC)COP(=O)(O)OCCN. The predicted octanol–water partition coefficient (Wildman–Crippen LogP) is 12.4. The summed E-state index contributed by atoms with van der Waals surface area (Å²) in [6.45, 7) is 4.24. The number of phosphoric ester groups is 1. The molecule has 0 aromatic carbocycles. The molecule has 0 saturated heterocycles. The van der Waals surface area contributed by atoms with E-state index in [0.717, 1.165) is 32.1 Å². The first kappa shape index (κ1) is 48.8. The minimum Gasteiger partial charge on any atom is -0.498 e. The molecule has 8 nitrogen and oxygen atoms in total. The topological polar surface area (TPSA) is 117 Å². The molecule has 2 atom stereocenters. The zero-order chi connectivity index (χ0) is 36.6. The van der Waals surface area contributed by atoms with Crippen LogP contribution in [0.5, 0.6) is 0 Å². The van der Waals surface area contributed by atoms with E-state index in [1.807, 2.05) is 6.08 Å². The molecule has 296 valence electrons. The van der Waals surface area contributed by atoms with Crippen molar-refractivity contribution in [2.24, 2.45) is 5.73 Å². The maximum absolute atomic E-state index is 12.5. The number of rotatable bonds is 40. The van der Waals surface area contributed by atoms with E-state index in [-0.39, 0.29) is 32.3 Å². The molecule has 0 bridgehead atoms. The molecule has 0 aliphatic heterocycles. The number of ether oxygens (including phenoxy) is 2. The summed E-state index contributed by atoms with van der Waals surface area (Å²) in [5.74, 6) is -0.356. The molecule has 0 heterocycles. The molecule has 0 fully saturated rings. The van der Waals surface area contributed by atoms with Gasteiger partial charge in [-0.2, -0.15) is 0 Å². The Labute approximate surface area is 308 Å². The van der Waals surface area contributed by atoms with E-state index in [0.29, 0.717) is 6.42 Å². The van der Waals surface area contributed by atoms with Crippen LogP contribution in [0.4, 0.5) is 0 Å². The van der Waals surface area contributed by atoms with Crippen molar-refractivity contribution in [3.8, 4) is 0 Å². The molecule has 0 aromatic heterocycles. The van der Waals surface area contributed by atoms with Crippen LogP contribution in [0.25, 0.3) is 0 Å². The monoisotopic (exact) mass is 730 g/mol. The van der Waals surface area contributed by atoms with Gasteiger partial charge in [0.25, 0.3) is 0 Å². The van der Waals surface area contributed by atoms with E-state index in [4.69, 9.17) is 24.3 Å². The van der Waals surface area contributed by atoms with Gasteiger partial charge in [-0.25, -0.2) is 4.57 Å². The third-order valence-electron chi connectivity index (χ3n) is 8.94. The highest BCUT2D eigenvalue weighted by Gasteiger charge is 2.25.